The Kier molecular flexibility index (Phi) is 30.0. The van der Waals surface area contributed by atoms with E-state index in [-0.39, 0.29) is 157 Å². The van der Waals surface area contributed by atoms with Gasteiger partial charge in [0.1, 0.15) is 18.3 Å². The van der Waals surface area contributed by atoms with E-state index in [1.807, 2.05) is 165 Å². The molecule has 0 saturated heterocycles. The van der Waals surface area contributed by atoms with Gasteiger partial charge in [0.2, 0.25) is 5.69 Å². The molecule has 0 fully saturated rings. The SMILES string of the molecule is CC(=O)C=C(C)O.CC1(C)c2ccc[c-]c2-c2nccc3cccc1c23.Cc1ccc(-c2[c-]cccc2)nc1.Cc1ccc2c(c1)c1cccc3c1c1n2c(-c2c(C)cccc2C)c[n+]1C3.[2H]c1c[n+]2c(c([2H])c1[2H])-c1c([2H])c([2H])c([2H])c([2H])c1C2.[Ir].[Ir].[Ir].[Ir].[c-]1ccccc1-c1nc2ccccc2n1-c1cccc2ccccc12.[c-]1ccccc1-c1nccc2ccccc12.[c-]1ccccc1-c1nccn1-c1cccc2ccccc12. The summed E-state index contributed by atoms with van der Waals surface area (Å²) >= 11 is 0. The maximum Gasteiger partial charge on any atom is 0.295 e. The number of carbonyl (C=O) groups excluding carboxylic acids is 1. The first kappa shape index (κ1) is 93.5. The van der Waals surface area contributed by atoms with Crippen molar-refractivity contribution in [2.75, 3.05) is 0 Å². The number of imidazole rings is 3. The molecule has 24 aromatic rings. The Labute approximate surface area is 909 Å². The number of nitrogens with zero attached hydrogens (tertiary/aromatic N) is 10. The molecule has 1 N–H and O–H groups in total. The first-order valence-corrected chi connectivity index (χ1v) is 46.9. The third-order valence-electron chi connectivity index (χ3n) is 25.5. The summed E-state index contributed by atoms with van der Waals surface area (Å²) in [5, 5.41) is 22.3. The summed E-state index contributed by atoms with van der Waals surface area (Å²) in [6.07, 6.45) is 14.3. The number of pyridine rings is 5. The molecule has 0 bridgehead atoms. The number of hydrogen-bond acceptors (Lipinski definition) is 7. The van der Waals surface area contributed by atoms with Crippen LogP contribution in [-0.2, 0) is 104 Å². The van der Waals surface area contributed by atoms with Gasteiger partial charge in [-0.3, -0.25) is 14.8 Å². The zero-order chi connectivity index (χ0) is 103. The number of carbonyl (C=O) groups is 1. The average Bonchev–Trinajstić information content (AvgIpc) is 1.50. The first-order valence-electron chi connectivity index (χ1n) is 50.4. The maximum atomic E-state index is 10.0. The van der Waals surface area contributed by atoms with Crippen molar-refractivity contribution < 1.29 is 109 Å². The Hall–Kier alpha value is -15.1. The van der Waals surface area contributed by atoms with Gasteiger partial charge in [-0.25, -0.2) is 4.57 Å². The molecule has 27 rings (SSSR count). The molecule has 0 atom stereocenters. The first-order chi connectivity index (χ1) is 71.9. The molecular formula is C129H101Ir4N10O2-3. The molecule has 4 radical (unpaired) electrons. The van der Waals surface area contributed by atoms with Gasteiger partial charge in [-0.05, 0) is 179 Å². The number of aryl methyl sites for hydroxylation is 4. The Morgan fingerprint density at radius 3 is 1.67 bits per heavy atom. The molecule has 0 amide bonds. The fourth-order valence-electron chi connectivity index (χ4n) is 19.1. The van der Waals surface area contributed by atoms with Crippen molar-refractivity contribution in [3.63, 3.8) is 0 Å². The van der Waals surface area contributed by atoms with Gasteiger partial charge in [-0.1, -0.05) is 220 Å². The van der Waals surface area contributed by atoms with E-state index >= 15 is 0 Å². The van der Waals surface area contributed by atoms with Crippen LogP contribution in [0, 0.1) is 58.0 Å². The number of fused-ring (bicyclic) bond motifs is 12. The molecular weight excluding hydrogens is 2490 g/mol. The minimum Gasteiger partial charge on any atom is -0.512 e. The fourth-order valence-corrected chi connectivity index (χ4v) is 19.1. The topological polar surface area (TPSA) is 124 Å². The number of benzene rings is 16. The summed E-state index contributed by atoms with van der Waals surface area (Å²) in [6.45, 7) is 17.2. The van der Waals surface area contributed by atoms with Crippen LogP contribution in [-0.4, -0.2) is 49.3 Å². The van der Waals surface area contributed by atoms with Crippen LogP contribution in [0.3, 0.4) is 0 Å². The van der Waals surface area contributed by atoms with E-state index in [9.17, 15) is 4.79 Å². The molecule has 0 unspecified atom stereocenters. The largest absolute Gasteiger partial charge is 0.512 e. The second kappa shape index (κ2) is 46.5. The molecule has 16 aromatic carbocycles. The van der Waals surface area contributed by atoms with Gasteiger partial charge in [0.05, 0.1) is 49.0 Å². The minimum absolute atomic E-state index is 0. The number of allylic oxidation sites excluding steroid dienone is 2. The van der Waals surface area contributed by atoms with E-state index in [2.05, 4.69) is 328 Å². The molecule has 0 saturated carbocycles. The summed E-state index contributed by atoms with van der Waals surface area (Å²) in [4.78, 5) is 32.8. The molecule has 1 aliphatic carbocycles. The molecule has 0 spiro atoms. The third kappa shape index (κ3) is 21.7. The number of aliphatic hydroxyl groups excluding tert-OH is 1. The van der Waals surface area contributed by atoms with Crippen molar-refractivity contribution in [2.24, 2.45) is 0 Å². The van der Waals surface area contributed by atoms with Crippen LogP contribution in [0.1, 0.15) is 81.8 Å². The van der Waals surface area contributed by atoms with Crippen LogP contribution in [0.2, 0.25) is 0 Å². The van der Waals surface area contributed by atoms with Gasteiger partial charge in [0.25, 0.3) is 5.65 Å². The van der Waals surface area contributed by atoms with Crippen molar-refractivity contribution in [3.8, 4) is 90.4 Å². The van der Waals surface area contributed by atoms with Gasteiger partial charge >= 0.3 is 0 Å². The smallest absolute Gasteiger partial charge is 0.295 e. The number of hydrogen-bond donors (Lipinski definition) is 1. The second-order valence-electron chi connectivity index (χ2n) is 35.4. The predicted octanol–water partition coefficient (Wildman–Crippen LogP) is 29.6. The van der Waals surface area contributed by atoms with Gasteiger partial charge in [-0.2, -0.15) is 8.97 Å². The normalized spacial score (nSPS) is 12.3. The molecule has 145 heavy (non-hydrogen) atoms. The molecule has 718 valence electrons. The number of ketones is 1. The van der Waals surface area contributed by atoms with Crippen LogP contribution >= 0.6 is 0 Å². The number of aliphatic hydroxyl groups is 1. The Morgan fingerprint density at radius 1 is 0.441 bits per heavy atom. The van der Waals surface area contributed by atoms with E-state index in [1.54, 1.807) is 4.57 Å². The predicted molar refractivity (Wildman–Crippen MR) is 575 cm³/mol. The fraction of sp³-hybridized carbons (Fsp3) is 0.0853. The number of aromatic nitrogens is 10. The molecule has 10 heterocycles. The van der Waals surface area contributed by atoms with Crippen LogP contribution in [0.15, 0.2) is 443 Å². The summed E-state index contributed by atoms with van der Waals surface area (Å²) in [5.74, 6) is 1.76. The standard InChI is InChI=1S/C25H21N2.C23H15N2.C19H13N2.C18H14N.C15H10N.2C12H10N.C5H8O2.4Ir/c1-15-10-11-21-20(12-15)19-9-5-8-18-13-26-14-22(27(21)25(26)24(18)19)23-16(2)6-4-7-17(23)3;1-2-10-18(11-3-1)23-24-20-14-6-7-15-22(20)25(23)21-16-8-12-17-9-4-5-13-19(17)21;1-2-8-16(9-3-1)19-20-13-14-21(19)18-12-6-10-15-7-4-5-11-17(15)18;1-18(2)14-8-4-3-7-13(14)17-16-12(10-11-19-17)6-5-9-15(16)18;1-2-7-13(8-3-1)15-14-9-5-4-6-12(14)10-11-16-15;1-2-6-11-10(5-1)9-13-8-4-3-7-12(11)13;1-10-7-8-12(13-9-10)11-5-3-2-4-6-11;1-4(6)3-5(2)7;;;;/h4-12,14H,13H2,1-3H3;1-10,12-16H;1-8,10-14H;3-6,8-11H,1-2H3;1-7,9-11H;1-8H,9H2;2-5,7-9H,1H3;3,6H,1-2H3;;;;/q+1;4*-1;+1;-1;;;;;/i;;;;;1D,2D,3D,4D,5D,6D,7D;;;;;;. The van der Waals surface area contributed by atoms with Crippen molar-refractivity contribution in [1.82, 2.24) is 38.5 Å². The summed E-state index contributed by atoms with van der Waals surface area (Å²) in [5.41, 5.74) is 28.1. The van der Waals surface area contributed by atoms with Crippen molar-refractivity contribution >= 4 is 87.2 Å². The van der Waals surface area contributed by atoms with Crippen LogP contribution in [0.4, 0.5) is 0 Å². The summed E-state index contributed by atoms with van der Waals surface area (Å²) in [6, 6.07) is 134. The number of rotatable bonds is 8. The Morgan fingerprint density at radius 2 is 0.993 bits per heavy atom. The zero-order valence-corrected chi connectivity index (χ0v) is 90.2. The summed E-state index contributed by atoms with van der Waals surface area (Å²) < 4.78 is 65.4. The van der Waals surface area contributed by atoms with Gasteiger partial charge in [-0.15, -0.1) is 179 Å². The molecule has 12 nitrogen and oxygen atoms in total. The average molecular weight is 2600 g/mol. The van der Waals surface area contributed by atoms with Crippen LogP contribution < -0.4 is 9.13 Å². The van der Waals surface area contributed by atoms with E-state index < -0.39 is 0 Å². The Bertz CT molecular complexity index is 9190. The van der Waals surface area contributed by atoms with E-state index in [1.165, 1.54) is 147 Å². The quantitative estimate of drug-likeness (QED) is 0.0528. The van der Waals surface area contributed by atoms with E-state index in [0.717, 1.165) is 85.5 Å². The van der Waals surface area contributed by atoms with E-state index in [4.69, 9.17) is 19.7 Å². The molecule has 8 aromatic heterocycles. The Balaban J connectivity index is 0.000000125. The van der Waals surface area contributed by atoms with Gasteiger partial charge in [0.15, 0.2) is 24.2 Å². The van der Waals surface area contributed by atoms with Gasteiger partial charge < -0.3 is 29.2 Å². The van der Waals surface area contributed by atoms with Crippen LogP contribution in [0.25, 0.3) is 172 Å². The minimum atomic E-state index is -0.344. The third-order valence-corrected chi connectivity index (χ3v) is 25.5. The summed E-state index contributed by atoms with van der Waals surface area (Å²) in [7, 11) is 0. The van der Waals surface area contributed by atoms with Crippen molar-refractivity contribution in [3.05, 3.63) is 518 Å². The zero-order valence-electron chi connectivity index (χ0n) is 87.6. The molecule has 2 aliphatic heterocycles. The van der Waals surface area contributed by atoms with Crippen molar-refractivity contribution in [2.45, 2.75) is 73.9 Å². The van der Waals surface area contributed by atoms with Crippen molar-refractivity contribution in [1.29, 1.82) is 0 Å². The van der Waals surface area contributed by atoms with Crippen LogP contribution in [0.5, 0.6) is 0 Å². The molecule has 3 aliphatic rings. The monoisotopic (exact) mass is 2600 g/mol. The maximum absolute atomic E-state index is 10.0. The number of para-hydroxylation sites is 2. The van der Waals surface area contributed by atoms with E-state index in [0.29, 0.717) is 5.56 Å². The van der Waals surface area contributed by atoms with Gasteiger partial charge in [0, 0.05) is 179 Å². The molecule has 16 heteroatoms. The second-order valence-corrected chi connectivity index (χ2v) is 35.4.